The van der Waals surface area contributed by atoms with Crippen molar-refractivity contribution < 1.29 is 4.74 Å². The number of nitrogens with zero attached hydrogens (tertiary/aromatic N) is 4. The van der Waals surface area contributed by atoms with Crippen LogP contribution in [0.3, 0.4) is 0 Å². The molecule has 5 nitrogen and oxygen atoms in total. The third-order valence-electron chi connectivity index (χ3n) is 5.65. The molecule has 5 rings (SSSR count). The molecule has 0 aliphatic heterocycles. The van der Waals surface area contributed by atoms with Gasteiger partial charge in [-0.2, -0.15) is 0 Å². The summed E-state index contributed by atoms with van der Waals surface area (Å²) in [7, 11) is 1.68. The summed E-state index contributed by atoms with van der Waals surface area (Å²) in [4.78, 5) is 14.6. The van der Waals surface area contributed by atoms with Crippen molar-refractivity contribution in [1.82, 2.24) is 19.5 Å². The zero-order valence-corrected chi connectivity index (χ0v) is 16.6. The van der Waals surface area contributed by atoms with Gasteiger partial charge in [0.2, 0.25) is 0 Å². The van der Waals surface area contributed by atoms with E-state index in [1.165, 1.54) is 25.7 Å². The number of imidazole rings is 1. The zero-order chi connectivity index (χ0) is 19.6. The Morgan fingerprint density at radius 2 is 1.72 bits per heavy atom. The zero-order valence-electron chi connectivity index (χ0n) is 16.6. The number of benzene rings is 2. The summed E-state index contributed by atoms with van der Waals surface area (Å²) in [5.74, 6) is 1.75. The Balaban J connectivity index is 1.62. The molecule has 0 spiro atoms. The smallest absolute Gasteiger partial charge is 0.198 e. The highest BCUT2D eigenvalue weighted by molar-refractivity contribution is 5.84. The first kappa shape index (κ1) is 17.9. The van der Waals surface area contributed by atoms with E-state index in [-0.39, 0.29) is 0 Å². The first-order valence-electron chi connectivity index (χ1n) is 10.3. The van der Waals surface area contributed by atoms with Crippen molar-refractivity contribution in [2.75, 3.05) is 7.11 Å². The van der Waals surface area contributed by atoms with Gasteiger partial charge < -0.3 is 9.30 Å². The maximum Gasteiger partial charge on any atom is 0.198 e. The maximum absolute atomic E-state index is 5.31. The molecule has 2 aromatic carbocycles. The van der Waals surface area contributed by atoms with Gasteiger partial charge in [-0.05, 0) is 68.5 Å². The van der Waals surface area contributed by atoms with Gasteiger partial charge in [0.1, 0.15) is 11.6 Å². The minimum absolute atomic E-state index is 0.701. The Kier molecular flexibility index (Phi) is 4.72. The van der Waals surface area contributed by atoms with E-state index in [0.29, 0.717) is 5.65 Å². The maximum atomic E-state index is 5.31. The van der Waals surface area contributed by atoms with Crippen LogP contribution in [0.15, 0.2) is 60.2 Å². The normalized spacial score (nSPS) is 14.3. The highest BCUT2D eigenvalue weighted by Crippen LogP contribution is 2.28. The third kappa shape index (κ3) is 3.48. The van der Waals surface area contributed by atoms with Crippen LogP contribution in [0.5, 0.6) is 5.75 Å². The molecular weight excluding hydrogens is 360 g/mol. The van der Waals surface area contributed by atoms with Gasteiger partial charge in [-0.15, -0.1) is 0 Å². The number of hydrogen-bond donors (Lipinski definition) is 0. The number of fused-ring (bicyclic) bond motifs is 2. The number of para-hydroxylation sites is 2. The van der Waals surface area contributed by atoms with Crippen molar-refractivity contribution in [3.63, 3.8) is 0 Å². The van der Waals surface area contributed by atoms with Crippen molar-refractivity contribution in [2.45, 2.75) is 38.6 Å². The Hall–Kier alpha value is -3.21. The van der Waals surface area contributed by atoms with Crippen molar-refractivity contribution in [3.05, 3.63) is 60.2 Å². The van der Waals surface area contributed by atoms with Crippen LogP contribution >= 0.6 is 0 Å². The molecule has 0 bridgehead atoms. The average Bonchev–Trinajstić information content (AvgIpc) is 3.14. The van der Waals surface area contributed by atoms with Gasteiger partial charge in [-0.3, -0.25) is 0 Å². The molecular formula is C24H24N4O. The van der Waals surface area contributed by atoms with Gasteiger partial charge in [0, 0.05) is 12.1 Å². The quantitative estimate of drug-likeness (QED) is 0.424. The van der Waals surface area contributed by atoms with Crippen molar-refractivity contribution in [3.8, 4) is 17.1 Å². The lowest BCUT2D eigenvalue weighted by atomic mass is 9.97. The minimum atomic E-state index is 0.701. The largest absolute Gasteiger partial charge is 0.497 e. The molecule has 0 N–H and O–H groups in total. The lowest BCUT2D eigenvalue weighted by Crippen LogP contribution is -2.04. The lowest BCUT2D eigenvalue weighted by molar-refractivity contribution is 0.415. The molecule has 2 aromatic heterocycles. The van der Waals surface area contributed by atoms with Crippen LogP contribution < -0.4 is 4.74 Å². The Morgan fingerprint density at radius 3 is 2.45 bits per heavy atom. The molecule has 29 heavy (non-hydrogen) atoms. The Morgan fingerprint density at radius 1 is 0.931 bits per heavy atom. The van der Waals surface area contributed by atoms with Gasteiger partial charge in [0.25, 0.3) is 0 Å². The second-order valence-electron chi connectivity index (χ2n) is 7.53. The van der Waals surface area contributed by atoms with E-state index in [0.717, 1.165) is 46.8 Å². The standard InChI is InChI=1S/C24H24N4O/c1-29-19-13-11-18(12-14-19)23-27-22-24(26-21-10-6-5-9-20(21)25-22)28(23)16-15-17-7-3-2-4-8-17/h5-7,9-14H,2-4,8,15-16H2,1H3. The number of aryl methyl sites for hydroxylation is 1. The number of allylic oxidation sites excluding steroid dienone is 2. The van der Waals surface area contributed by atoms with Gasteiger partial charge in [0.15, 0.2) is 11.3 Å². The van der Waals surface area contributed by atoms with Crippen LogP contribution in [-0.4, -0.2) is 26.6 Å². The molecule has 5 heteroatoms. The van der Waals surface area contributed by atoms with Crippen molar-refractivity contribution >= 4 is 22.3 Å². The second kappa shape index (κ2) is 7.66. The average molecular weight is 384 g/mol. The highest BCUT2D eigenvalue weighted by Gasteiger charge is 2.17. The van der Waals surface area contributed by atoms with Crippen molar-refractivity contribution in [2.24, 2.45) is 0 Å². The summed E-state index contributed by atoms with van der Waals surface area (Å²) in [5.41, 5.74) is 5.93. The molecule has 0 atom stereocenters. The first-order chi connectivity index (χ1) is 14.3. The topological polar surface area (TPSA) is 52.8 Å². The predicted molar refractivity (Wildman–Crippen MR) is 116 cm³/mol. The molecule has 1 aliphatic carbocycles. The van der Waals surface area contributed by atoms with Crippen LogP contribution in [0.4, 0.5) is 0 Å². The SMILES string of the molecule is COc1ccc(-c2nc3nc4ccccc4nc3n2CCC2=CCCCC2)cc1. The van der Waals surface area contributed by atoms with Crippen LogP contribution in [0.1, 0.15) is 32.1 Å². The van der Waals surface area contributed by atoms with E-state index in [1.807, 2.05) is 36.4 Å². The molecule has 0 saturated heterocycles. The fourth-order valence-corrected chi connectivity index (χ4v) is 4.06. The summed E-state index contributed by atoms with van der Waals surface area (Å²) < 4.78 is 7.54. The Bertz CT molecular complexity index is 1190. The van der Waals surface area contributed by atoms with Gasteiger partial charge in [-0.1, -0.05) is 23.8 Å². The monoisotopic (exact) mass is 384 g/mol. The number of ether oxygens (including phenoxy) is 1. The van der Waals surface area contributed by atoms with Gasteiger partial charge >= 0.3 is 0 Å². The van der Waals surface area contributed by atoms with E-state index in [2.05, 4.69) is 22.8 Å². The number of methoxy groups -OCH3 is 1. The van der Waals surface area contributed by atoms with Crippen LogP contribution in [0.2, 0.25) is 0 Å². The third-order valence-corrected chi connectivity index (χ3v) is 5.65. The molecule has 4 aromatic rings. The van der Waals surface area contributed by atoms with Crippen LogP contribution in [0.25, 0.3) is 33.7 Å². The molecule has 146 valence electrons. The number of aromatic nitrogens is 4. The fourth-order valence-electron chi connectivity index (χ4n) is 4.06. The van der Waals surface area contributed by atoms with E-state index < -0.39 is 0 Å². The number of rotatable bonds is 5. The molecule has 0 saturated carbocycles. The second-order valence-corrected chi connectivity index (χ2v) is 7.53. The highest BCUT2D eigenvalue weighted by atomic mass is 16.5. The van der Waals surface area contributed by atoms with Gasteiger partial charge in [-0.25, -0.2) is 15.0 Å². The van der Waals surface area contributed by atoms with Crippen LogP contribution in [0, 0.1) is 0 Å². The predicted octanol–water partition coefficient (Wildman–Crippen LogP) is 5.55. The molecule has 2 heterocycles. The summed E-state index contributed by atoms with van der Waals surface area (Å²) in [6.07, 6.45) is 8.47. The minimum Gasteiger partial charge on any atom is -0.497 e. The summed E-state index contributed by atoms with van der Waals surface area (Å²) in [6.45, 7) is 0.858. The summed E-state index contributed by atoms with van der Waals surface area (Å²) >= 11 is 0. The molecule has 0 radical (unpaired) electrons. The van der Waals surface area contributed by atoms with E-state index in [4.69, 9.17) is 19.7 Å². The summed E-state index contributed by atoms with van der Waals surface area (Å²) in [6, 6.07) is 16.0. The molecule has 1 aliphatic rings. The molecule has 0 amide bonds. The molecule has 0 unspecified atom stereocenters. The summed E-state index contributed by atoms with van der Waals surface area (Å²) in [5, 5.41) is 0. The van der Waals surface area contributed by atoms with E-state index in [1.54, 1.807) is 12.7 Å². The first-order valence-corrected chi connectivity index (χ1v) is 10.3. The Labute approximate surface area is 170 Å². The van der Waals surface area contributed by atoms with Crippen molar-refractivity contribution in [1.29, 1.82) is 0 Å². The van der Waals surface area contributed by atoms with Crippen LogP contribution in [-0.2, 0) is 6.54 Å². The lowest BCUT2D eigenvalue weighted by Gasteiger charge is -2.14. The van der Waals surface area contributed by atoms with E-state index in [9.17, 15) is 0 Å². The fraction of sp³-hybridized carbons (Fsp3) is 0.292. The number of hydrogen-bond acceptors (Lipinski definition) is 4. The molecule has 0 fully saturated rings. The van der Waals surface area contributed by atoms with Gasteiger partial charge in [0.05, 0.1) is 18.1 Å². The van der Waals surface area contributed by atoms with E-state index >= 15 is 0 Å².